The predicted octanol–water partition coefficient (Wildman–Crippen LogP) is 5.87. The van der Waals surface area contributed by atoms with Gasteiger partial charge in [-0.15, -0.1) is 11.3 Å². The number of benzene rings is 2. The first-order valence-corrected chi connectivity index (χ1v) is 9.97. The van der Waals surface area contributed by atoms with Crippen molar-refractivity contribution >= 4 is 34.3 Å². The monoisotopic (exact) mass is 413 g/mol. The quantitative estimate of drug-likeness (QED) is 0.270. The highest BCUT2D eigenvalue weighted by molar-refractivity contribution is 7.14. The molecular formula is C21H20ClN3O2S. The van der Waals surface area contributed by atoms with Crippen molar-refractivity contribution in [3.8, 4) is 22.8 Å². The predicted molar refractivity (Wildman–Crippen MR) is 117 cm³/mol. The van der Waals surface area contributed by atoms with Gasteiger partial charge in [0, 0.05) is 22.6 Å². The van der Waals surface area contributed by atoms with Gasteiger partial charge in [0.25, 0.3) is 0 Å². The Morgan fingerprint density at radius 2 is 2.00 bits per heavy atom. The molecule has 0 spiro atoms. The first-order chi connectivity index (χ1) is 13.7. The fourth-order valence-electron chi connectivity index (χ4n) is 2.40. The van der Waals surface area contributed by atoms with E-state index in [1.165, 1.54) is 11.3 Å². The zero-order valence-electron chi connectivity index (χ0n) is 15.4. The van der Waals surface area contributed by atoms with E-state index in [2.05, 4.69) is 22.1 Å². The van der Waals surface area contributed by atoms with Gasteiger partial charge >= 0.3 is 0 Å². The summed E-state index contributed by atoms with van der Waals surface area (Å²) in [5, 5.41) is 7.44. The molecule has 3 aromatic rings. The van der Waals surface area contributed by atoms with E-state index in [9.17, 15) is 0 Å². The van der Waals surface area contributed by atoms with Crippen LogP contribution in [0.1, 0.15) is 12.5 Å². The highest BCUT2D eigenvalue weighted by Crippen LogP contribution is 2.33. The van der Waals surface area contributed by atoms with Gasteiger partial charge in [0.05, 0.1) is 23.5 Å². The number of halogens is 1. The van der Waals surface area contributed by atoms with E-state index in [1.54, 1.807) is 24.4 Å². The Labute approximate surface area is 173 Å². The van der Waals surface area contributed by atoms with Crippen molar-refractivity contribution in [3.63, 3.8) is 0 Å². The molecule has 0 aliphatic carbocycles. The molecule has 0 aliphatic heterocycles. The third-order valence-corrected chi connectivity index (χ3v) is 4.73. The molecule has 0 bridgehead atoms. The maximum absolute atomic E-state index is 6.35. The molecule has 144 valence electrons. The fourth-order valence-corrected chi connectivity index (χ4v) is 3.27. The van der Waals surface area contributed by atoms with Gasteiger partial charge in [-0.2, -0.15) is 5.10 Å². The van der Waals surface area contributed by atoms with Gasteiger partial charge in [-0.1, -0.05) is 54.6 Å². The van der Waals surface area contributed by atoms with Crippen LogP contribution in [-0.4, -0.2) is 24.4 Å². The molecule has 5 nitrogen and oxygen atoms in total. The number of thiazole rings is 1. The molecule has 0 fully saturated rings. The van der Waals surface area contributed by atoms with Gasteiger partial charge in [-0.3, -0.25) is 5.43 Å². The van der Waals surface area contributed by atoms with Crippen LogP contribution in [0.5, 0.6) is 11.5 Å². The van der Waals surface area contributed by atoms with Crippen molar-refractivity contribution in [2.75, 3.05) is 18.6 Å². The highest BCUT2D eigenvalue weighted by Gasteiger charge is 2.10. The van der Waals surface area contributed by atoms with Crippen LogP contribution >= 0.6 is 22.9 Å². The largest absolute Gasteiger partial charge is 0.490 e. The summed E-state index contributed by atoms with van der Waals surface area (Å²) >= 11 is 7.84. The third-order valence-electron chi connectivity index (χ3n) is 3.66. The van der Waals surface area contributed by atoms with E-state index < -0.39 is 0 Å². The van der Waals surface area contributed by atoms with E-state index in [-0.39, 0.29) is 0 Å². The number of hydrogen-bond acceptors (Lipinski definition) is 6. The lowest BCUT2D eigenvalue weighted by molar-refractivity contribution is 0.297. The number of hydrogen-bond donors (Lipinski definition) is 1. The normalized spacial score (nSPS) is 10.8. The lowest BCUT2D eigenvalue weighted by atomic mass is 10.2. The topological polar surface area (TPSA) is 55.7 Å². The average molecular weight is 414 g/mol. The van der Waals surface area contributed by atoms with E-state index in [0.717, 1.165) is 11.3 Å². The summed E-state index contributed by atoms with van der Waals surface area (Å²) in [5.41, 5.74) is 5.63. The second-order valence-corrected chi connectivity index (χ2v) is 6.89. The van der Waals surface area contributed by atoms with Crippen LogP contribution in [0.2, 0.25) is 5.02 Å². The van der Waals surface area contributed by atoms with Crippen molar-refractivity contribution in [1.82, 2.24) is 4.98 Å². The number of aromatic nitrogens is 1. The van der Waals surface area contributed by atoms with Crippen LogP contribution in [0.25, 0.3) is 11.3 Å². The first-order valence-electron chi connectivity index (χ1n) is 8.71. The molecule has 1 aromatic heterocycles. The molecule has 0 unspecified atom stereocenters. The molecule has 0 saturated heterocycles. The minimum atomic E-state index is 0.374. The van der Waals surface area contributed by atoms with Crippen molar-refractivity contribution < 1.29 is 9.47 Å². The van der Waals surface area contributed by atoms with Crippen molar-refractivity contribution in [3.05, 3.63) is 71.1 Å². The highest BCUT2D eigenvalue weighted by atomic mass is 35.5. The van der Waals surface area contributed by atoms with Crippen LogP contribution in [0.3, 0.4) is 0 Å². The van der Waals surface area contributed by atoms with Gasteiger partial charge in [-0.05, 0) is 13.0 Å². The second-order valence-electron chi connectivity index (χ2n) is 5.63. The van der Waals surface area contributed by atoms with E-state index in [4.69, 9.17) is 21.1 Å². The molecule has 3 rings (SSSR count). The molecule has 7 heteroatoms. The molecule has 1 heterocycles. The van der Waals surface area contributed by atoms with Gasteiger partial charge in [0.15, 0.2) is 11.5 Å². The number of hydrazone groups is 1. The minimum absolute atomic E-state index is 0.374. The summed E-state index contributed by atoms with van der Waals surface area (Å²) in [4.78, 5) is 4.54. The first kappa shape index (κ1) is 19.9. The van der Waals surface area contributed by atoms with Gasteiger partial charge in [0.1, 0.15) is 6.61 Å². The Morgan fingerprint density at radius 1 is 1.21 bits per heavy atom. The number of nitrogens with one attached hydrogen (secondary N) is 1. The zero-order chi connectivity index (χ0) is 19.8. The van der Waals surface area contributed by atoms with Crippen molar-refractivity contribution in [1.29, 1.82) is 0 Å². The van der Waals surface area contributed by atoms with Gasteiger partial charge < -0.3 is 9.47 Å². The Hall–Kier alpha value is -2.83. The Balaban J connectivity index is 1.72. The summed E-state index contributed by atoms with van der Waals surface area (Å²) in [7, 11) is 0. The average Bonchev–Trinajstić information content (AvgIpc) is 3.19. The molecule has 2 aromatic carbocycles. The third kappa shape index (κ3) is 5.12. The zero-order valence-corrected chi connectivity index (χ0v) is 17.0. The standard InChI is InChI=1S/C21H20ClN3O2S/c1-3-10-27-20-12-17(22)16(11-19(20)26-4-2)13-23-25-21-24-18(14-28-21)15-8-6-5-7-9-15/h3,5-9,11-14H,1,4,10H2,2H3,(H,24,25). The molecule has 0 saturated carbocycles. The summed E-state index contributed by atoms with van der Waals surface area (Å²) < 4.78 is 11.2. The molecule has 0 radical (unpaired) electrons. The van der Waals surface area contributed by atoms with Crippen molar-refractivity contribution in [2.45, 2.75) is 6.92 Å². The molecule has 1 N–H and O–H groups in total. The lowest BCUT2D eigenvalue weighted by Crippen LogP contribution is -2.00. The maximum Gasteiger partial charge on any atom is 0.203 e. The maximum atomic E-state index is 6.35. The van der Waals surface area contributed by atoms with Crippen LogP contribution in [-0.2, 0) is 0 Å². The van der Waals surface area contributed by atoms with Crippen LogP contribution in [0.15, 0.2) is 65.6 Å². The minimum Gasteiger partial charge on any atom is -0.490 e. The molecule has 0 amide bonds. The Kier molecular flexibility index (Phi) is 7.06. The molecule has 0 atom stereocenters. The lowest BCUT2D eigenvalue weighted by Gasteiger charge is -2.12. The number of anilines is 1. The summed E-state index contributed by atoms with van der Waals surface area (Å²) in [6.07, 6.45) is 3.30. The molecule has 28 heavy (non-hydrogen) atoms. The molecule has 0 aliphatic rings. The summed E-state index contributed by atoms with van der Waals surface area (Å²) in [6, 6.07) is 13.5. The van der Waals surface area contributed by atoms with Crippen LogP contribution < -0.4 is 14.9 Å². The summed E-state index contributed by atoms with van der Waals surface area (Å²) in [5.74, 6) is 1.18. The van der Waals surface area contributed by atoms with Crippen LogP contribution in [0, 0.1) is 0 Å². The summed E-state index contributed by atoms with van der Waals surface area (Å²) in [6.45, 7) is 6.45. The SMILES string of the molecule is C=CCOc1cc(Cl)c(C=NNc2nc(-c3ccccc3)cs2)cc1OCC. The Bertz CT molecular complexity index is 958. The van der Waals surface area contributed by atoms with E-state index >= 15 is 0 Å². The van der Waals surface area contributed by atoms with E-state index in [1.807, 2.05) is 42.6 Å². The number of nitrogens with zero attached hydrogens (tertiary/aromatic N) is 2. The van der Waals surface area contributed by atoms with Gasteiger partial charge in [-0.25, -0.2) is 4.98 Å². The Morgan fingerprint density at radius 3 is 2.75 bits per heavy atom. The van der Waals surface area contributed by atoms with E-state index in [0.29, 0.717) is 40.4 Å². The smallest absolute Gasteiger partial charge is 0.203 e. The number of rotatable bonds is 9. The fraction of sp³-hybridized carbons (Fsp3) is 0.143. The second kappa shape index (κ2) is 9.92. The van der Waals surface area contributed by atoms with Gasteiger partial charge in [0.2, 0.25) is 5.13 Å². The van der Waals surface area contributed by atoms with Crippen LogP contribution in [0.4, 0.5) is 5.13 Å². The van der Waals surface area contributed by atoms with Crippen molar-refractivity contribution in [2.24, 2.45) is 5.10 Å². The molecular weight excluding hydrogens is 394 g/mol. The number of ether oxygens (including phenoxy) is 2.